The Kier molecular flexibility index (Phi) is 5.89. The lowest BCUT2D eigenvalue weighted by Crippen LogP contribution is -2.27. The molecule has 2 heterocycles. The van der Waals surface area contributed by atoms with Crippen LogP contribution in [0.1, 0.15) is 32.9 Å². The predicted molar refractivity (Wildman–Crippen MR) is 102 cm³/mol. The second-order valence-electron chi connectivity index (χ2n) is 6.05. The van der Waals surface area contributed by atoms with Gasteiger partial charge in [0.2, 0.25) is 0 Å². The summed E-state index contributed by atoms with van der Waals surface area (Å²) in [5, 5.41) is 13.6. The summed E-state index contributed by atoms with van der Waals surface area (Å²) in [5.41, 5.74) is 2.83. The second-order valence-corrected chi connectivity index (χ2v) is 7.01. The van der Waals surface area contributed by atoms with E-state index in [2.05, 4.69) is 16.2 Å². The molecule has 0 aliphatic heterocycles. The molecule has 3 aromatic rings. The molecule has 0 radical (unpaired) electrons. The van der Waals surface area contributed by atoms with E-state index in [4.69, 9.17) is 9.78 Å². The summed E-state index contributed by atoms with van der Waals surface area (Å²) in [6.45, 7) is 2.25. The first-order valence-electron chi connectivity index (χ1n) is 8.31. The van der Waals surface area contributed by atoms with Gasteiger partial charge in [0, 0.05) is 31.6 Å². The Morgan fingerprint density at radius 1 is 1.30 bits per heavy atom. The summed E-state index contributed by atoms with van der Waals surface area (Å²) in [5.74, 6) is 1.20. The van der Waals surface area contributed by atoms with Crippen molar-refractivity contribution >= 4 is 17.7 Å². The molecule has 0 spiro atoms. The number of aromatic nitrogens is 2. The first-order chi connectivity index (χ1) is 13.1. The summed E-state index contributed by atoms with van der Waals surface area (Å²) < 4.78 is 5.07. The monoisotopic (exact) mass is 378 g/mol. The predicted octanol–water partition coefficient (Wildman–Crippen LogP) is 3.81. The van der Waals surface area contributed by atoms with Gasteiger partial charge in [-0.2, -0.15) is 5.26 Å². The van der Waals surface area contributed by atoms with Crippen molar-refractivity contribution < 1.29 is 9.32 Å². The topological polar surface area (TPSA) is 83.0 Å². The lowest BCUT2D eigenvalue weighted by atomic mass is 10.1. The van der Waals surface area contributed by atoms with Gasteiger partial charge in [-0.1, -0.05) is 29.1 Å². The van der Waals surface area contributed by atoms with Gasteiger partial charge in [0.1, 0.15) is 10.8 Å². The molecule has 1 aromatic carbocycles. The number of aryl methyl sites for hydroxylation is 1. The van der Waals surface area contributed by atoms with Crippen molar-refractivity contribution in [1.29, 1.82) is 5.26 Å². The number of thioether (sulfide) groups is 1. The second kappa shape index (κ2) is 8.52. The first kappa shape index (κ1) is 18.7. The highest BCUT2D eigenvalue weighted by Crippen LogP contribution is 2.25. The number of rotatable bonds is 6. The third-order valence-corrected chi connectivity index (χ3v) is 4.90. The number of hydrogen-bond donors (Lipinski definition) is 0. The van der Waals surface area contributed by atoms with Crippen LogP contribution in [0.3, 0.4) is 0 Å². The zero-order valence-corrected chi connectivity index (χ0v) is 15.9. The molecule has 3 rings (SSSR count). The minimum Gasteiger partial charge on any atom is -0.361 e. The summed E-state index contributed by atoms with van der Waals surface area (Å²) in [4.78, 5) is 18.9. The number of carbonyl (C=O) groups excluding carboxylic acids is 1. The summed E-state index contributed by atoms with van der Waals surface area (Å²) in [7, 11) is 1.74. The van der Waals surface area contributed by atoms with Gasteiger partial charge in [0.25, 0.3) is 5.91 Å². The van der Waals surface area contributed by atoms with Gasteiger partial charge in [0.15, 0.2) is 0 Å². The quantitative estimate of drug-likeness (QED) is 0.607. The van der Waals surface area contributed by atoms with E-state index in [0.717, 1.165) is 17.0 Å². The van der Waals surface area contributed by atoms with Crippen LogP contribution in [0.5, 0.6) is 0 Å². The molecule has 1 amide bonds. The van der Waals surface area contributed by atoms with Crippen LogP contribution < -0.4 is 0 Å². The van der Waals surface area contributed by atoms with Gasteiger partial charge in [-0.3, -0.25) is 4.79 Å². The van der Waals surface area contributed by atoms with Gasteiger partial charge >= 0.3 is 0 Å². The Morgan fingerprint density at radius 3 is 2.89 bits per heavy atom. The number of benzene rings is 1. The molecule has 0 aliphatic carbocycles. The number of nitriles is 1. The highest BCUT2D eigenvalue weighted by molar-refractivity contribution is 7.98. The Bertz CT molecular complexity index is 993. The van der Waals surface area contributed by atoms with Crippen LogP contribution in [0.4, 0.5) is 0 Å². The molecule has 0 aliphatic rings. The van der Waals surface area contributed by atoms with E-state index in [-0.39, 0.29) is 5.91 Å². The summed E-state index contributed by atoms with van der Waals surface area (Å²) >= 11 is 1.45. The molecular weight excluding hydrogens is 360 g/mol. The van der Waals surface area contributed by atoms with Crippen LogP contribution in [-0.4, -0.2) is 28.0 Å². The van der Waals surface area contributed by atoms with E-state index in [9.17, 15) is 4.79 Å². The van der Waals surface area contributed by atoms with Crippen molar-refractivity contribution in [3.63, 3.8) is 0 Å². The van der Waals surface area contributed by atoms with E-state index < -0.39 is 0 Å². The Morgan fingerprint density at radius 2 is 2.15 bits per heavy atom. The van der Waals surface area contributed by atoms with Crippen molar-refractivity contribution in [2.24, 2.45) is 0 Å². The average molecular weight is 378 g/mol. The Hall–Kier alpha value is -3.11. The number of amides is 1. The van der Waals surface area contributed by atoms with Crippen molar-refractivity contribution in [2.45, 2.75) is 24.2 Å². The largest absolute Gasteiger partial charge is 0.361 e. The molecule has 0 N–H and O–H groups in total. The molecule has 6 nitrogen and oxygen atoms in total. The number of nitrogens with zero attached hydrogens (tertiary/aromatic N) is 4. The Balaban J connectivity index is 1.72. The van der Waals surface area contributed by atoms with E-state index in [1.807, 2.05) is 25.1 Å². The average Bonchev–Trinajstić information content (AvgIpc) is 3.11. The standard InChI is InChI=1S/C20H18N4O2S/c1-14-9-17(23-26-14)13-27-19-18(7-4-8-22-19)20(25)24(2)12-16-6-3-5-15(10-16)11-21/h3-10H,12-13H2,1-2H3. The molecule has 2 aromatic heterocycles. The lowest BCUT2D eigenvalue weighted by Gasteiger charge is -2.18. The molecule has 7 heteroatoms. The number of hydrogen-bond acceptors (Lipinski definition) is 6. The third kappa shape index (κ3) is 4.74. The fourth-order valence-electron chi connectivity index (χ4n) is 2.59. The smallest absolute Gasteiger partial charge is 0.256 e. The fraction of sp³-hybridized carbons (Fsp3) is 0.200. The maximum absolute atomic E-state index is 12.9. The zero-order valence-electron chi connectivity index (χ0n) is 15.0. The van der Waals surface area contributed by atoms with E-state index in [1.165, 1.54) is 11.8 Å². The molecular formula is C20H18N4O2S. The van der Waals surface area contributed by atoms with Crippen LogP contribution in [0.15, 0.2) is 58.2 Å². The fourth-order valence-corrected chi connectivity index (χ4v) is 3.45. The number of carbonyl (C=O) groups is 1. The third-order valence-electron chi connectivity index (χ3n) is 3.86. The van der Waals surface area contributed by atoms with Crippen molar-refractivity contribution in [3.05, 3.63) is 76.8 Å². The molecule has 136 valence electrons. The minimum atomic E-state index is -0.121. The molecule has 0 saturated carbocycles. The van der Waals surface area contributed by atoms with Crippen LogP contribution in [-0.2, 0) is 12.3 Å². The highest BCUT2D eigenvalue weighted by Gasteiger charge is 2.18. The normalized spacial score (nSPS) is 10.4. The molecule has 27 heavy (non-hydrogen) atoms. The van der Waals surface area contributed by atoms with Gasteiger partial charge in [-0.05, 0) is 36.8 Å². The molecule has 0 unspecified atom stereocenters. The highest BCUT2D eigenvalue weighted by atomic mass is 32.2. The Labute approximate surface area is 161 Å². The van der Waals surface area contributed by atoms with Crippen LogP contribution >= 0.6 is 11.8 Å². The van der Waals surface area contributed by atoms with Crippen molar-refractivity contribution in [2.75, 3.05) is 7.05 Å². The van der Waals surface area contributed by atoms with Gasteiger partial charge in [-0.25, -0.2) is 4.98 Å². The minimum absolute atomic E-state index is 0.121. The van der Waals surface area contributed by atoms with E-state index in [0.29, 0.717) is 28.5 Å². The SMILES string of the molecule is Cc1cc(CSc2ncccc2C(=O)N(C)Cc2cccc(C#N)c2)no1. The molecule has 0 atom stereocenters. The zero-order chi connectivity index (χ0) is 19.2. The first-order valence-corrected chi connectivity index (χ1v) is 9.30. The van der Waals surface area contributed by atoms with E-state index >= 15 is 0 Å². The van der Waals surface area contributed by atoms with Crippen molar-refractivity contribution in [1.82, 2.24) is 15.0 Å². The van der Waals surface area contributed by atoms with Crippen LogP contribution in [0, 0.1) is 18.3 Å². The molecule has 0 bridgehead atoms. The van der Waals surface area contributed by atoms with E-state index in [1.54, 1.807) is 42.4 Å². The lowest BCUT2D eigenvalue weighted by molar-refractivity contribution is 0.0781. The molecule has 0 fully saturated rings. The maximum atomic E-state index is 12.9. The number of pyridine rings is 1. The summed E-state index contributed by atoms with van der Waals surface area (Å²) in [6.07, 6.45) is 1.67. The van der Waals surface area contributed by atoms with Crippen molar-refractivity contribution in [3.8, 4) is 6.07 Å². The molecule has 0 saturated heterocycles. The van der Waals surface area contributed by atoms with Crippen LogP contribution in [0.2, 0.25) is 0 Å². The maximum Gasteiger partial charge on any atom is 0.256 e. The summed E-state index contributed by atoms with van der Waals surface area (Å²) in [6, 6.07) is 14.8. The van der Waals surface area contributed by atoms with Crippen LogP contribution in [0.25, 0.3) is 0 Å². The van der Waals surface area contributed by atoms with Gasteiger partial charge in [0.05, 0.1) is 22.9 Å². The van der Waals surface area contributed by atoms with Gasteiger partial charge in [-0.15, -0.1) is 0 Å². The van der Waals surface area contributed by atoms with Gasteiger partial charge < -0.3 is 9.42 Å².